The van der Waals surface area contributed by atoms with Gasteiger partial charge in [-0.3, -0.25) is 28.9 Å². The summed E-state index contributed by atoms with van der Waals surface area (Å²) in [6, 6.07) is 27.4. The fraction of sp³-hybridized carbons (Fsp3) is 0.238. The number of fused-ring (bicyclic) bond motifs is 3. The molecule has 4 aromatic carbocycles. The fourth-order valence-corrected chi connectivity index (χ4v) is 10.5. The lowest BCUT2D eigenvalue weighted by atomic mass is 10.3. The van der Waals surface area contributed by atoms with Crippen LogP contribution in [0, 0.1) is 11.7 Å². The molecule has 0 aliphatic heterocycles. The zero-order valence-electron chi connectivity index (χ0n) is 53.7. The highest BCUT2D eigenvalue weighted by atomic mass is 35.5. The van der Waals surface area contributed by atoms with Crippen LogP contribution < -0.4 is 52.7 Å². The number of halogens is 10. The number of H-pyrrole nitrogens is 4. The van der Waals surface area contributed by atoms with Gasteiger partial charge >= 0.3 is 26.4 Å². The molecule has 0 bridgehead atoms. The first-order valence-electron chi connectivity index (χ1n) is 28.2. The third-order valence-corrected chi connectivity index (χ3v) is 15.0. The SMILES string of the molecule is CC(=O)Nc1ccc(OC(F)F)cc1.COc1ccnc(CCl)c1OC.COc1ccnc(CS(=O)c2nc3ccc(OC(F)F)cc3[nH]2)c1OC.COc1ccnc(CSc2nc3ccc(OC(F)F)cc3[nH]2)c1OC.Cc1ncccc1O.Cl.FC(F)Oc1ccc2[nH]c(=S)[nH]c2c1. The third-order valence-electron chi connectivity index (χ3n) is 12.5. The van der Waals surface area contributed by atoms with E-state index in [0.29, 0.717) is 112 Å². The van der Waals surface area contributed by atoms with Gasteiger partial charge in [-0.25, -0.2) is 9.97 Å². The Bertz CT molecular complexity index is 4410. The van der Waals surface area contributed by atoms with Crippen molar-refractivity contribution in [2.75, 3.05) is 48.0 Å². The number of nitrogens with one attached hydrogen (secondary N) is 5. The van der Waals surface area contributed by atoms with Crippen molar-refractivity contribution in [3.8, 4) is 63.2 Å². The molecule has 6 N–H and O–H groups in total. The maximum atomic E-state index is 12.6. The number of amides is 1. The molecule has 1 unspecified atom stereocenters. The number of nitrogens with zero attached hydrogens (tertiary/aromatic N) is 6. The number of thioether (sulfide) groups is 1. The molecule has 0 fully saturated rings. The molecule has 100 heavy (non-hydrogen) atoms. The zero-order chi connectivity index (χ0) is 72.1. The van der Waals surface area contributed by atoms with Crippen LogP contribution in [0.1, 0.15) is 29.7 Å². The lowest BCUT2D eigenvalue weighted by Gasteiger charge is -2.10. The van der Waals surface area contributed by atoms with Crippen LogP contribution in [0.25, 0.3) is 33.1 Å². The highest BCUT2D eigenvalue weighted by Crippen LogP contribution is 2.35. The number of anilines is 1. The van der Waals surface area contributed by atoms with Crippen molar-refractivity contribution in [3.63, 3.8) is 0 Å². The molecule has 1 atom stereocenters. The van der Waals surface area contributed by atoms with Crippen LogP contribution in [0.15, 0.2) is 144 Å². The predicted molar refractivity (Wildman–Crippen MR) is 362 cm³/mol. The Labute approximate surface area is 587 Å². The summed E-state index contributed by atoms with van der Waals surface area (Å²) in [5, 5.41) is 12.2. The van der Waals surface area contributed by atoms with Gasteiger partial charge in [-0.15, -0.1) is 24.0 Å². The molecule has 0 saturated heterocycles. The van der Waals surface area contributed by atoms with Crippen LogP contribution in [0.5, 0.6) is 63.2 Å². The normalized spacial score (nSPS) is 10.8. The molecule has 0 aliphatic rings. The Balaban J connectivity index is 0.000000225. The lowest BCUT2D eigenvalue weighted by Crippen LogP contribution is -2.06. The molecular weight excluding hydrogens is 1440 g/mol. The Kier molecular flexibility index (Phi) is 32.8. The van der Waals surface area contributed by atoms with Gasteiger partial charge in [0.25, 0.3) is 0 Å². The Morgan fingerprint density at radius 2 is 1.01 bits per heavy atom. The van der Waals surface area contributed by atoms with E-state index in [0.717, 1.165) is 5.52 Å². The number of aromatic nitrogens is 10. The summed E-state index contributed by atoms with van der Waals surface area (Å²) in [6.45, 7) is -8.30. The second-order valence-corrected chi connectivity index (χ2v) is 22.0. The van der Waals surface area contributed by atoms with E-state index >= 15 is 0 Å². The van der Waals surface area contributed by atoms with Gasteiger partial charge in [0.05, 0.1) is 115 Å². The van der Waals surface area contributed by atoms with Crippen molar-refractivity contribution in [1.29, 1.82) is 0 Å². The van der Waals surface area contributed by atoms with Gasteiger partial charge in [-0.05, 0) is 91.9 Å². The number of rotatable bonds is 22. The van der Waals surface area contributed by atoms with Crippen molar-refractivity contribution in [1.82, 2.24) is 49.8 Å². The van der Waals surface area contributed by atoms with Crippen LogP contribution in [-0.2, 0) is 33.0 Å². The van der Waals surface area contributed by atoms with Crippen molar-refractivity contribution in [2.24, 2.45) is 0 Å². The van der Waals surface area contributed by atoms with Gasteiger partial charge < -0.3 is 77.7 Å². The number of methoxy groups -OCH3 is 6. The Morgan fingerprint density at radius 3 is 1.49 bits per heavy atom. The molecule has 7 aromatic heterocycles. The average Bonchev–Trinajstić information content (AvgIpc) is 1.61. The summed E-state index contributed by atoms with van der Waals surface area (Å²) in [5.41, 5.74) is 6.69. The smallest absolute Gasteiger partial charge is 0.387 e. The fourth-order valence-electron chi connectivity index (χ4n) is 8.23. The van der Waals surface area contributed by atoms with E-state index in [-0.39, 0.29) is 58.0 Å². The highest BCUT2D eigenvalue weighted by molar-refractivity contribution is 7.98. The number of ether oxygens (including phenoxy) is 10. The van der Waals surface area contributed by atoms with E-state index in [1.165, 1.54) is 106 Å². The van der Waals surface area contributed by atoms with Gasteiger partial charge in [0.2, 0.25) is 5.91 Å². The number of aryl methyl sites for hydroxylation is 1. The minimum absolute atomic E-state index is 0. The average molecular weight is 1500 g/mol. The van der Waals surface area contributed by atoms with Crippen molar-refractivity contribution < 1.29 is 96.6 Å². The van der Waals surface area contributed by atoms with E-state index in [4.69, 9.17) is 57.3 Å². The third kappa shape index (κ3) is 25.0. The Morgan fingerprint density at radius 1 is 0.560 bits per heavy atom. The van der Waals surface area contributed by atoms with E-state index < -0.39 is 37.2 Å². The zero-order valence-corrected chi connectivity index (χ0v) is 57.7. The van der Waals surface area contributed by atoms with Crippen molar-refractivity contribution >= 4 is 103 Å². The van der Waals surface area contributed by atoms with Crippen molar-refractivity contribution in [2.45, 2.75) is 68.0 Å². The second-order valence-electron chi connectivity index (χ2n) is 18.9. The molecule has 11 rings (SSSR count). The van der Waals surface area contributed by atoms with E-state index in [2.05, 4.69) is 74.1 Å². The number of carbonyl (C=O) groups excluding carboxylic acids is 1. The molecule has 536 valence electrons. The quantitative estimate of drug-likeness (QED) is 0.0159. The van der Waals surface area contributed by atoms with Crippen LogP contribution in [-0.4, -0.2) is 134 Å². The summed E-state index contributed by atoms with van der Waals surface area (Å²) >= 11 is 11.9. The number of aromatic hydroxyl groups is 1. The summed E-state index contributed by atoms with van der Waals surface area (Å²) in [6.07, 6.45) is 6.46. The number of benzene rings is 4. The molecular formula is C63H63Cl2F8N11O13S3. The maximum Gasteiger partial charge on any atom is 0.387 e. The molecule has 0 aliphatic carbocycles. The number of carbonyl (C=O) groups is 1. The van der Waals surface area contributed by atoms with Crippen LogP contribution in [0.3, 0.4) is 0 Å². The van der Waals surface area contributed by atoms with E-state index in [1.54, 1.807) is 96.4 Å². The molecule has 0 radical (unpaired) electrons. The van der Waals surface area contributed by atoms with Gasteiger partial charge in [0, 0.05) is 79.5 Å². The summed E-state index contributed by atoms with van der Waals surface area (Å²) < 4.78 is 158. The van der Waals surface area contributed by atoms with Gasteiger partial charge in [0.1, 0.15) is 34.4 Å². The number of aromatic amines is 4. The molecule has 0 spiro atoms. The van der Waals surface area contributed by atoms with Crippen molar-refractivity contribution in [3.05, 3.63) is 162 Å². The van der Waals surface area contributed by atoms with Gasteiger partial charge in [-0.2, -0.15) is 35.1 Å². The summed E-state index contributed by atoms with van der Waals surface area (Å²) in [5.74, 6) is 4.46. The first-order valence-corrected chi connectivity index (χ1v) is 31.5. The monoisotopic (exact) mass is 1500 g/mol. The number of alkyl halides is 9. The molecule has 11 aromatic rings. The number of pyridine rings is 4. The summed E-state index contributed by atoms with van der Waals surface area (Å²) in [7, 11) is 7.67. The van der Waals surface area contributed by atoms with E-state index in [9.17, 15) is 44.1 Å². The molecule has 0 saturated carbocycles. The first kappa shape index (κ1) is 80.6. The number of imidazole rings is 3. The summed E-state index contributed by atoms with van der Waals surface area (Å²) in [4.78, 5) is 47.2. The van der Waals surface area contributed by atoms with Gasteiger partial charge in [0.15, 0.2) is 49.6 Å². The Hall–Kier alpha value is -10.1. The molecule has 1 amide bonds. The number of hydrogen-bond donors (Lipinski definition) is 6. The largest absolute Gasteiger partial charge is 0.506 e. The molecule has 24 nitrogen and oxygen atoms in total. The van der Waals surface area contributed by atoms with Crippen LogP contribution in [0.4, 0.5) is 40.8 Å². The minimum Gasteiger partial charge on any atom is -0.506 e. The van der Waals surface area contributed by atoms with Crippen LogP contribution in [0.2, 0.25) is 0 Å². The lowest BCUT2D eigenvalue weighted by molar-refractivity contribution is -0.114. The second kappa shape index (κ2) is 40.7. The highest BCUT2D eigenvalue weighted by Gasteiger charge is 2.19. The minimum atomic E-state index is -2.92. The van der Waals surface area contributed by atoms with Gasteiger partial charge in [-0.1, -0.05) is 11.8 Å². The molecule has 7 heterocycles. The predicted octanol–water partition coefficient (Wildman–Crippen LogP) is 15.2. The van der Waals surface area contributed by atoms with Crippen LogP contribution >= 0.6 is 48.0 Å². The maximum absolute atomic E-state index is 12.6. The van der Waals surface area contributed by atoms with E-state index in [1.807, 2.05) is 0 Å². The standard InChI is InChI=1S/C16H15F2N3O4S.C16H15F2N3O3S.C9H9F2NO2.C8H10ClNO2.C8H6F2N2OS.C6H7NO.ClH/c1-23-13-5-6-19-12(14(13)24-2)8-26(22)16-20-10-4-3-9(25-15(17)18)7-11(10)21-16;1-22-13-5-6-19-12(14(13)23-2)8-25-16-20-10-4-3-9(24-15(17)18)7-11(10)21-16;1-6(13)12-7-2-4-8(5-3-7)14-9(10)11;1-11-7-3-4-10-6(5-9)8(7)12-2;9-7(10)13-4-1-2-5-6(3-4)12-8(14)11-5;1-5-6(8)3-2-4-7-5;/h3-7,15H,8H2,1-2H3,(H,20,21);3-7,15H,8H2,1-2H3,(H,20,21);2-5,9H,1H3,(H,12,13);3-4H,5H2,1-2H3;1-3,7H,(H2,11,12,14);2-4,8H,1H3;1H. The number of hydrogen-bond acceptors (Lipinski definition) is 21. The first-order chi connectivity index (χ1) is 47.5. The molecule has 37 heteroatoms. The topological polar surface area (TPSA) is 299 Å².